The van der Waals surface area contributed by atoms with Gasteiger partial charge in [0.15, 0.2) is 0 Å². The van der Waals surface area contributed by atoms with Crippen molar-refractivity contribution >= 4 is 6.08 Å². The maximum atomic E-state index is 10.4. The first-order valence-corrected chi connectivity index (χ1v) is 8.21. The Kier molecular flexibility index (Phi) is 6.25. The molecule has 0 aliphatic heterocycles. The zero-order valence-corrected chi connectivity index (χ0v) is 15.7. The van der Waals surface area contributed by atoms with Crippen molar-refractivity contribution in [1.29, 1.82) is 0 Å². The minimum atomic E-state index is -0.0664. The highest BCUT2D eigenvalue weighted by molar-refractivity contribution is 5.58. The van der Waals surface area contributed by atoms with Crippen LogP contribution in [0.2, 0.25) is 0 Å². The zero-order chi connectivity index (χ0) is 18.5. The molecule has 2 heteroatoms. The van der Waals surface area contributed by atoms with Gasteiger partial charge in [-0.25, -0.2) is 0 Å². The molecule has 24 heavy (non-hydrogen) atoms. The summed E-state index contributed by atoms with van der Waals surface area (Å²) in [5.74, 6) is 0.748. The number of phenols is 2. The molecule has 0 aliphatic carbocycles. The molecule has 0 saturated heterocycles. The lowest BCUT2D eigenvalue weighted by molar-refractivity contribution is 0.423. The van der Waals surface area contributed by atoms with Crippen LogP contribution < -0.4 is 0 Å². The number of aromatic hydroxyl groups is 2. The molecule has 0 aliphatic rings. The molecule has 0 amide bonds. The Balaban J connectivity index is 0.000000341. The topological polar surface area (TPSA) is 40.5 Å². The summed E-state index contributed by atoms with van der Waals surface area (Å²) in [5.41, 5.74) is 2.91. The van der Waals surface area contributed by atoms with Crippen LogP contribution in [0, 0.1) is 0 Å². The molecule has 0 saturated carbocycles. The zero-order valence-electron chi connectivity index (χ0n) is 15.7. The van der Waals surface area contributed by atoms with Crippen molar-refractivity contribution in [2.75, 3.05) is 0 Å². The molecule has 0 unspecified atom stereocenters. The van der Waals surface area contributed by atoms with Gasteiger partial charge in [-0.05, 0) is 40.7 Å². The highest BCUT2D eigenvalue weighted by atomic mass is 16.3. The van der Waals surface area contributed by atoms with Gasteiger partial charge in [0.25, 0.3) is 0 Å². The van der Waals surface area contributed by atoms with Gasteiger partial charge in [-0.2, -0.15) is 0 Å². The smallest absolute Gasteiger partial charge is 0.123 e. The van der Waals surface area contributed by atoms with E-state index in [0.717, 1.165) is 16.7 Å². The monoisotopic (exact) mass is 326 g/mol. The molecular weight excluding hydrogens is 296 g/mol. The lowest BCUT2D eigenvalue weighted by atomic mass is 9.78. The molecule has 0 bridgehead atoms. The Bertz CT molecular complexity index is 636. The van der Waals surface area contributed by atoms with E-state index < -0.39 is 0 Å². The average molecular weight is 326 g/mol. The van der Waals surface area contributed by atoms with Crippen molar-refractivity contribution in [2.24, 2.45) is 0 Å². The van der Waals surface area contributed by atoms with Crippen LogP contribution in [0.25, 0.3) is 6.08 Å². The molecule has 0 fully saturated rings. The molecule has 2 N–H and O–H groups in total. The first-order chi connectivity index (χ1) is 11.0. The number of rotatable bonds is 1. The summed E-state index contributed by atoms with van der Waals surface area (Å²) < 4.78 is 0. The summed E-state index contributed by atoms with van der Waals surface area (Å²) in [7, 11) is 0. The van der Waals surface area contributed by atoms with Crippen LogP contribution in [-0.2, 0) is 10.8 Å². The third-order valence-corrected chi connectivity index (χ3v) is 3.74. The molecule has 2 aromatic carbocycles. The predicted octanol–water partition coefficient (Wildman–Crippen LogP) is 6.02. The summed E-state index contributed by atoms with van der Waals surface area (Å²) in [6.45, 7) is 16.5. The van der Waals surface area contributed by atoms with Gasteiger partial charge < -0.3 is 10.2 Å². The van der Waals surface area contributed by atoms with Crippen molar-refractivity contribution in [2.45, 2.75) is 52.4 Å². The third kappa shape index (κ3) is 5.45. The number of para-hydroxylation sites is 1. The molecule has 0 radical (unpaired) electrons. The van der Waals surface area contributed by atoms with E-state index in [1.807, 2.05) is 24.3 Å². The van der Waals surface area contributed by atoms with Gasteiger partial charge in [-0.15, -0.1) is 0 Å². The normalized spacial score (nSPS) is 11.4. The van der Waals surface area contributed by atoms with Crippen molar-refractivity contribution in [3.8, 4) is 11.5 Å². The molecule has 0 heterocycles. The quantitative estimate of drug-likeness (QED) is 0.672. The van der Waals surface area contributed by atoms with Crippen LogP contribution >= 0.6 is 0 Å². The standard InChI is InChI=1S/C16H24O.C6H6O/c1-8-11-9-12(15(2,3)4)14(17)13(10-11)16(5,6)7;7-6-4-2-1-3-5-6/h8-10,17H,1H2,2-7H3;1-5,7H. The Morgan fingerprint density at radius 1 is 0.792 bits per heavy atom. The van der Waals surface area contributed by atoms with Crippen LogP contribution in [0.3, 0.4) is 0 Å². The van der Waals surface area contributed by atoms with Crippen LogP contribution in [0.4, 0.5) is 0 Å². The van der Waals surface area contributed by atoms with Gasteiger partial charge in [0.2, 0.25) is 0 Å². The molecular formula is C22H30O2. The molecule has 0 aromatic heterocycles. The first kappa shape index (κ1) is 19.8. The van der Waals surface area contributed by atoms with Crippen molar-refractivity contribution in [1.82, 2.24) is 0 Å². The maximum Gasteiger partial charge on any atom is 0.123 e. The highest BCUT2D eigenvalue weighted by Gasteiger charge is 2.25. The second-order valence-electron chi connectivity index (χ2n) is 8.00. The van der Waals surface area contributed by atoms with E-state index in [1.165, 1.54) is 0 Å². The van der Waals surface area contributed by atoms with Gasteiger partial charge >= 0.3 is 0 Å². The molecule has 0 spiro atoms. The van der Waals surface area contributed by atoms with Gasteiger partial charge in [0.05, 0.1) is 0 Å². The Hall–Kier alpha value is -2.22. The summed E-state index contributed by atoms with van der Waals surface area (Å²) >= 11 is 0. The van der Waals surface area contributed by atoms with E-state index >= 15 is 0 Å². The summed E-state index contributed by atoms with van der Waals surface area (Å²) in [6.07, 6.45) is 1.84. The average Bonchev–Trinajstić information content (AvgIpc) is 2.46. The SMILES string of the molecule is C=Cc1cc(C(C)(C)C)c(O)c(C(C)(C)C)c1.Oc1ccccc1. The van der Waals surface area contributed by atoms with Crippen LogP contribution in [0.15, 0.2) is 49.0 Å². The second kappa shape index (κ2) is 7.57. The van der Waals surface area contributed by atoms with Crippen molar-refractivity contribution in [3.05, 3.63) is 65.7 Å². The number of phenolic OH excluding ortho intramolecular Hbond substituents is 2. The van der Waals surface area contributed by atoms with E-state index in [0.29, 0.717) is 11.5 Å². The minimum Gasteiger partial charge on any atom is -0.508 e. The Morgan fingerprint density at radius 2 is 1.21 bits per heavy atom. The van der Waals surface area contributed by atoms with E-state index in [1.54, 1.807) is 24.3 Å². The van der Waals surface area contributed by atoms with Crippen molar-refractivity contribution < 1.29 is 10.2 Å². The van der Waals surface area contributed by atoms with E-state index in [2.05, 4.69) is 48.1 Å². The number of hydrogen-bond donors (Lipinski definition) is 2. The summed E-state index contributed by atoms with van der Waals surface area (Å²) in [4.78, 5) is 0. The lowest BCUT2D eigenvalue weighted by Gasteiger charge is -2.27. The first-order valence-electron chi connectivity index (χ1n) is 8.21. The molecule has 2 nitrogen and oxygen atoms in total. The molecule has 2 aromatic rings. The summed E-state index contributed by atoms with van der Waals surface area (Å²) in [5, 5.41) is 19.1. The van der Waals surface area contributed by atoms with Crippen LogP contribution in [0.1, 0.15) is 58.2 Å². The van der Waals surface area contributed by atoms with Crippen LogP contribution in [0.5, 0.6) is 11.5 Å². The van der Waals surface area contributed by atoms with E-state index in [9.17, 15) is 5.11 Å². The lowest BCUT2D eigenvalue weighted by Crippen LogP contribution is -2.17. The van der Waals surface area contributed by atoms with Gasteiger partial charge in [0, 0.05) is 11.1 Å². The molecule has 0 atom stereocenters. The highest BCUT2D eigenvalue weighted by Crippen LogP contribution is 2.39. The third-order valence-electron chi connectivity index (χ3n) is 3.74. The van der Waals surface area contributed by atoms with Crippen LogP contribution in [-0.4, -0.2) is 10.2 Å². The predicted molar refractivity (Wildman–Crippen MR) is 104 cm³/mol. The Labute approximate surface area is 146 Å². The maximum absolute atomic E-state index is 10.4. The molecule has 130 valence electrons. The Morgan fingerprint density at radius 3 is 1.46 bits per heavy atom. The van der Waals surface area contributed by atoms with Gasteiger partial charge in [0.1, 0.15) is 11.5 Å². The fraction of sp³-hybridized carbons (Fsp3) is 0.364. The number of benzene rings is 2. The fourth-order valence-corrected chi connectivity index (χ4v) is 2.35. The van der Waals surface area contributed by atoms with Crippen molar-refractivity contribution in [3.63, 3.8) is 0 Å². The van der Waals surface area contributed by atoms with E-state index in [-0.39, 0.29) is 10.8 Å². The van der Waals surface area contributed by atoms with E-state index in [4.69, 9.17) is 5.11 Å². The van der Waals surface area contributed by atoms with Gasteiger partial charge in [-0.3, -0.25) is 0 Å². The van der Waals surface area contributed by atoms with Gasteiger partial charge in [-0.1, -0.05) is 72.4 Å². The molecule has 2 rings (SSSR count). The summed E-state index contributed by atoms with van der Waals surface area (Å²) in [6, 6.07) is 12.8. The largest absolute Gasteiger partial charge is 0.508 e. The minimum absolute atomic E-state index is 0.0664. The fourth-order valence-electron chi connectivity index (χ4n) is 2.35. The number of hydrogen-bond acceptors (Lipinski definition) is 2. The second-order valence-corrected chi connectivity index (χ2v) is 8.00.